The van der Waals surface area contributed by atoms with E-state index in [4.69, 9.17) is 9.47 Å². The molecular weight excluding hydrogens is 414 g/mol. The maximum Gasteiger partial charge on any atom is 0.417 e. The lowest BCUT2D eigenvalue weighted by atomic mass is 10.0. The van der Waals surface area contributed by atoms with Crippen molar-refractivity contribution in [3.63, 3.8) is 0 Å². The van der Waals surface area contributed by atoms with Crippen LogP contribution < -0.4 is 5.32 Å². The van der Waals surface area contributed by atoms with E-state index in [2.05, 4.69) is 5.32 Å². The standard InChI is InChI=1S/C23H31N3O6/c1-23(2,3)32-22(30)26-18(9-10-19(26)27)20(28)24-17-11-13-25(14-12-17)21(29)31-15-16-7-5-4-6-8-16/h4-8,17-18H,9-15H2,1-3H3,(H,24,28). The van der Waals surface area contributed by atoms with Crippen LogP contribution in [0.4, 0.5) is 9.59 Å². The largest absolute Gasteiger partial charge is 0.445 e. The number of imide groups is 1. The van der Waals surface area contributed by atoms with E-state index in [1.54, 1.807) is 25.7 Å². The third-order valence-electron chi connectivity index (χ3n) is 5.41. The van der Waals surface area contributed by atoms with Crippen LogP contribution in [0.3, 0.4) is 0 Å². The second-order valence-electron chi connectivity index (χ2n) is 9.11. The van der Waals surface area contributed by atoms with Crippen molar-refractivity contribution < 1.29 is 28.7 Å². The fourth-order valence-electron chi connectivity index (χ4n) is 3.79. The number of rotatable bonds is 4. The van der Waals surface area contributed by atoms with E-state index in [1.165, 1.54) is 0 Å². The molecule has 1 aromatic rings. The summed E-state index contributed by atoms with van der Waals surface area (Å²) in [5.74, 6) is -0.776. The number of amides is 4. The van der Waals surface area contributed by atoms with Gasteiger partial charge < -0.3 is 19.7 Å². The van der Waals surface area contributed by atoms with Crippen LogP contribution in [0.1, 0.15) is 52.0 Å². The number of nitrogens with zero attached hydrogens (tertiary/aromatic N) is 2. The normalized spacial score (nSPS) is 19.6. The SMILES string of the molecule is CC(C)(C)OC(=O)N1C(=O)CCC1C(=O)NC1CCN(C(=O)OCc2ccccc2)CC1. The van der Waals surface area contributed by atoms with Crippen molar-refractivity contribution in [1.82, 2.24) is 15.1 Å². The van der Waals surface area contributed by atoms with Gasteiger partial charge in [0.15, 0.2) is 0 Å². The first-order chi connectivity index (χ1) is 15.1. The molecule has 174 valence electrons. The molecule has 0 aromatic heterocycles. The first-order valence-corrected chi connectivity index (χ1v) is 10.9. The van der Waals surface area contributed by atoms with Crippen molar-refractivity contribution in [3.8, 4) is 0 Å². The topological polar surface area (TPSA) is 105 Å². The molecule has 2 heterocycles. The Morgan fingerprint density at radius 2 is 1.69 bits per heavy atom. The smallest absolute Gasteiger partial charge is 0.417 e. The molecule has 1 aromatic carbocycles. The highest BCUT2D eigenvalue weighted by Crippen LogP contribution is 2.23. The van der Waals surface area contributed by atoms with Gasteiger partial charge >= 0.3 is 12.2 Å². The Kier molecular flexibility index (Phi) is 7.37. The molecule has 0 bridgehead atoms. The van der Waals surface area contributed by atoms with Crippen molar-refractivity contribution >= 4 is 24.0 Å². The Hall–Kier alpha value is -3.10. The van der Waals surface area contributed by atoms with Crippen LogP contribution in [0.15, 0.2) is 30.3 Å². The fraction of sp³-hybridized carbons (Fsp3) is 0.565. The zero-order valence-electron chi connectivity index (χ0n) is 18.8. The minimum absolute atomic E-state index is 0.128. The summed E-state index contributed by atoms with van der Waals surface area (Å²) in [7, 11) is 0. The molecule has 3 rings (SSSR count). The molecule has 0 spiro atoms. The summed E-state index contributed by atoms with van der Waals surface area (Å²) in [4.78, 5) is 52.2. The van der Waals surface area contributed by atoms with Crippen LogP contribution in [0.5, 0.6) is 0 Å². The van der Waals surface area contributed by atoms with Crippen molar-refractivity contribution in [2.75, 3.05) is 13.1 Å². The molecule has 0 aliphatic carbocycles. The molecule has 2 aliphatic heterocycles. The van der Waals surface area contributed by atoms with Crippen LogP contribution in [-0.2, 0) is 25.7 Å². The quantitative estimate of drug-likeness (QED) is 0.764. The van der Waals surface area contributed by atoms with Crippen molar-refractivity contribution in [2.45, 2.75) is 70.7 Å². The number of carbonyl (C=O) groups excluding carboxylic acids is 4. The summed E-state index contributed by atoms with van der Waals surface area (Å²) in [6.45, 7) is 6.25. The third kappa shape index (κ3) is 6.21. The zero-order valence-corrected chi connectivity index (χ0v) is 18.8. The maximum absolute atomic E-state index is 12.8. The van der Waals surface area contributed by atoms with Crippen molar-refractivity contribution in [2.24, 2.45) is 0 Å². The number of hydrogen-bond acceptors (Lipinski definition) is 6. The summed E-state index contributed by atoms with van der Waals surface area (Å²) < 4.78 is 10.6. The Balaban J connectivity index is 1.46. The number of hydrogen-bond donors (Lipinski definition) is 1. The Bertz CT molecular complexity index is 843. The molecule has 2 saturated heterocycles. The molecular formula is C23H31N3O6. The molecule has 2 fully saturated rings. The second-order valence-corrected chi connectivity index (χ2v) is 9.11. The predicted molar refractivity (Wildman–Crippen MR) is 115 cm³/mol. The van der Waals surface area contributed by atoms with Gasteiger partial charge in [-0.05, 0) is 45.6 Å². The monoisotopic (exact) mass is 445 g/mol. The highest BCUT2D eigenvalue weighted by Gasteiger charge is 2.43. The van der Waals surface area contributed by atoms with Crippen molar-refractivity contribution in [1.29, 1.82) is 0 Å². The molecule has 32 heavy (non-hydrogen) atoms. The summed E-state index contributed by atoms with van der Waals surface area (Å²) >= 11 is 0. The molecule has 1 unspecified atom stereocenters. The first kappa shape index (κ1) is 23.6. The van der Waals surface area contributed by atoms with Gasteiger partial charge in [0.25, 0.3) is 0 Å². The highest BCUT2D eigenvalue weighted by atomic mass is 16.6. The zero-order chi connectivity index (χ0) is 23.3. The Labute approximate surface area is 188 Å². The summed E-state index contributed by atoms with van der Waals surface area (Å²) in [6.07, 6.45) is 0.364. The number of likely N-dealkylation sites (tertiary alicyclic amines) is 2. The third-order valence-corrected chi connectivity index (χ3v) is 5.41. The maximum atomic E-state index is 12.8. The number of nitrogens with one attached hydrogen (secondary N) is 1. The van der Waals surface area contributed by atoms with Gasteiger partial charge in [-0.15, -0.1) is 0 Å². The molecule has 4 amide bonds. The highest BCUT2D eigenvalue weighted by molar-refractivity contribution is 6.00. The number of carbonyl (C=O) groups is 4. The average molecular weight is 446 g/mol. The van der Waals surface area contributed by atoms with Gasteiger partial charge in [-0.3, -0.25) is 9.59 Å². The molecule has 0 saturated carbocycles. The average Bonchev–Trinajstić information content (AvgIpc) is 3.14. The lowest BCUT2D eigenvalue weighted by Gasteiger charge is -2.33. The van der Waals surface area contributed by atoms with Crippen LogP contribution >= 0.6 is 0 Å². The van der Waals surface area contributed by atoms with E-state index in [0.717, 1.165) is 10.5 Å². The van der Waals surface area contributed by atoms with Gasteiger partial charge in [0.2, 0.25) is 11.8 Å². The predicted octanol–water partition coefficient (Wildman–Crippen LogP) is 2.83. The molecule has 0 radical (unpaired) electrons. The van der Waals surface area contributed by atoms with Crippen LogP contribution in [-0.4, -0.2) is 64.6 Å². The van der Waals surface area contributed by atoms with Crippen LogP contribution in [0, 0.1) is 0 Å². The van der Waals surface area contributed by atoms with Gasteiger partial charge in [-0.1, -0.05) is 30.3 Å². The lowest BCUT2D eigenvalue weighted by Crippen LogP contribution is -2.53. The fourth-order valence-corrected chi connectivity index (χ4v) is 3.79. The van der Waals surface area contributed by atoms with Gasteiger partial charge in [0.1, 0.15) is 18.2 Å². The molecule has 9 nitrogen and oxygen atoms in total. The van der Waals surface area contributed by atoms with E-state index in [1.807, 2.05) is 30.3 Å². The van der Waals surface area contributed by atoms with Crippen molar-refractivity contribution in [3.05, 3.63) is 35.9 Å². The molecule has 9 heteroatoms. The van der Waals surface area contributed by atoms with Gasteiger partial charge in [0, 0.05) is 25.6 Å². The van der Waals surface area contributed by atoms with Gasteiger partial charge in [0.05, 0.1) is 0 Å². The molecule has 1 atom stereocenters. The second kappa shape index (κ2) is 10.0. The van der Waals surface area contributed by atoms with E-state index in [-0.39, 0.29) is 37.5 Å². The lowest BCUT2D eigenvalue weighted by molar-refractivity contribution is -0.135. The van der Waals surface area contributed by atoms with E-state index in [9.17, 15) is 19.2 Å². The number of benzene rings is 1. The number of ether oxygens (including phenoxy) is 2. The van der Waals surface area contributed by atoms with E-state index >= 15 is 0 Å². The Morgan fingerprint density at radius 3 is 2.31 bits per heavy atom. The van der Waals surface area contributed by atoms with Crippen LogP contribution in [0.25, 0.3) is 0 Å². The summed E-state index contributed by atoms with van der Waals surface area (Å²) in [5, 5.41) is 2.93. The summed E-state index contributed by atoms with van der Waals surface area (Å²) in [6, 6.07) is 8.45. The van der Waals surface area contributed by atoms with Gasteiger partial charge in [-0.2, -0.15) is 0 Å². The Morgan fingerprint density at radius 1 is 1.03 bits per heavy atom. The van der Waals surface area contributed by atoms with E-state index < -0.39 is 23.6 Å². The molecule has 2 aliphatic rings. The van der Waals surface area contributed by atoms with Crippen LogP contribution in [0.2, 0.25) is 0 Å². The molecule has 1 N–H and O–H groups in total. The van der Waals surface area contributed by atoms with E-state index in [0.29, 0.717) is 25.9 Å². The summed E-state index contributed by atoms with van der Waals surface area (Å²) in [5.41, 5.74) is 0.159. The first-order valence-electron chi connectivity index (χ1n) is 10.9. The minimum Gasteiger partial charge on any atom is -0.445 e. The van der Waals surface area contributed by atoms with Gasteiger partial charge in [-0.25, -0.2) is 14.5 Å². The number of piperidine rings is 1. The minimum atomic E-state index is -0.869.